The molecule has 0 radical (unpaired) electrons. The minimum atomic E-state index is -0.0863. The minimum Gasteiger partial charge on any atom is -0.373 e. The van der Waals surface area contributed by atoms with E-state index in [9.17, 15) is 0 Å². The fourth-order valence-corrected chi connectivity index (χ4v) is 1.42. The molecule has 0 bridgehead atoms. The first-order valence-corrected chi connectivity index (χ1v) is 5.66. The molecular formula is C13H24O2. The summed E-state index contributed by atoms with van der Waals surface area (Å²) in [5.41, 5.74) is 0.0873. The van der Waals surface area contributed by atoms with Crippen LogP contribution >= 0.6 is 0 Å². The summed E-state index contributed by atoms with van der Waals surface area (Å²) >= 11 is 0. The maximum absolute atomic E-state index is 5.89. The fourth-order valence-electron chi connectivity index (χ4n) is 1.42. The Morgan fingerprint density at radius 1 is 1.07 bits per heavy atom. The first kappa shape index (κ1) is 12.7. The van der Waals surface area contributed by atoms with Gasteiger partial charge in [0.05, 0.1) is 24.4 Å². The van der Waals surface area contributed by atoms with Crippen LogP contribution in [0, 0.1) is 5.41 Å². The van der Waals surface area contributed by atoms with Crippen LogP contribution in [0.5, 0.6) is 0 Å². The van der Waals surface area contributed by atoms with Gasteiger partial charge < -0.3 is 9.47 Å². The molecule has 0 spiro atoms. The standard InChI is InChI=1S/C13H24O2/c1-12(2,3)11-8-7-10(15-11)9-14-13(4,5)6/h7-8,10-11H,9H2,1-6H3. The number of hydrogen-bond donors (Lipinski definition) is 0. The maximum Gasteiger partial charge on any atom is 0.0998 e. The van der Waals surface area contributed by atoms with E-state index in [2.05, 4.69) is 53.7 Å². The second-order valence-electron chi connectivity index (χ2n) is 6.27. The molecule has 1 heterocycles. The third-order valence-electron chi connectivity index (χ3n) is 2.36. The molecule has 0 saturated carbocycles. The molecule has 0 aromatic carbocycles. The van der Waals surface area contributed by atoms with E-state index in [1.54, 1.807) is 0 Å². The molecule has 1 rings (SSSR count). The van der Waals surface area contributed by atoms with Crippen LogP contribution in [-0.4, -0.2) is 24.4 Å². The highest BCUT2D eigenvalue weighted by Gasteiger charge is 2.30. The molecule has 2 unspecified atom stereocenters. The molecule has 0 N–H and O–H groups in total. The van der Waals surface area contributed by atoms with Crippen LogP contribution in [0.4, 0.5) is 0 Å². The van der Waals surface area contributed by atoms with Crippen LogP contribution in [0.15, 0.2) is 12.2 Å². The molecule has 2 heteroatoms. The van der Waals surface area contributed by atoms with Crippen molar-refractivity contribution in [3.63, 3.8) is 0 Å². The van der Waals surface area contributed by atoms with Crippen molar-refractivity contribution in [3.8, 4) is 0 Å². The molecule has 15 heavy (non-hydrogen) atoms. The van der Waals surface area contributed by atoms with Gasteiger partial charge in [0.15, 0.2) is 0 Å². The van der Waals surface area contributed by atoms with Crippen molar-refractivity contribution >= 4 is 0 Å². The Hall–Kier alpha value is -0.340. The lowest BCUT2D eigenvalue weighted by molar-refractivity contribution is -0.0781. The molecule has 0 aliphatic carbocycles. The Morgan fingerprint density at radius 2 is 1.67 bits per heavy atom. The number of rotatable bonds is 2. The average Bonchev–Trinajstić information content (AvgIpc) is 2.45. The molecule has 1 aliphatic rings. The van der Waals surface area contributed by atoms with Gasteiger partial charge in [-0.2, -0.15) is 0 Å². The maximum atomic E-state index is 5.89. The first-order valence-electron chi connectivity index (χ1n) is 5.66. The fraction of sp³-hybridized carbons (Fsp3) is 0.846. The van der Waals surface area contributed by atoms with E-state index in [-0.39, 0.29) is 23.2 Å². The molecular weight excluding hydrogens is 188 g/mol. The zero-order valence-corrected chi connectivity index (χ0v) is 10.8. The summed E-state index contributed by atoms with van der Waals surface area (Å²) in [6, 6.07) is 0. The van der Waals surface area contributed by atoms with E-state index >= 15 is 0 Å². The van der Waals surface area contributed by atoms with Gasteiger partial charge in [0.2, 0.25) is 0 Å². The lowest BCUT2D eigenvalue weighted by atomic mass is 9.89. The highest BCUT2D eigenvalue weighted by atomic mass is 16.5. The van der Waals surface area contributed by atoms with Gasteiger partial charge in [-0.25, -0.2) is 0 Å². The normalized spacial score (nSPS) is 27.3. The second-order valence-corrected chi connectivity index (χ2v) is 6.27. The third-order valence-corrected chi connectivity index (χ3v) is 2.36. The third kappa shape index (κ3) is 4.35. The van der Waals surface area contributed by atoms with Crippen LogP contribution in [0.3, 0.4) is 0 Å². The lowest BCUT2D eigenvalue weighted by Crippen LogP contribution is -2.30. The van der Waals surface area contributed by atoms with Crippen LogP contribution in [0.2, 0.25) is 0 Å². The molecule has 2 nitrogen and oxygen atoms in total. The van der Waals surface area contributed by atoms with Gasteiger partial charge in [0, 0.05) is 0 Å². The summed E-state index contributed by atoms with van der Waals surface area (Å²) < 4.78 is 11.6. The van der Waals surface area contributed by atoms with Crippen molar-refractivity contribution in [1.82, 2.24) is 0 Å². The summed E-state index contributed by atoms with van der Waals surface area (Å²) in [6.45, 7) is 13.4. The van der Waals surface area contributed by atoms with Crippen LogP contribution in [0.1, 0.15) is 41.5 Å². The van der Waals surface area contributed by atoms with Crippen molar-refractivity contribution in [2.75, 3.05) is 6.61 Å². The van der Waals surface area contributed by atoms with E-state index in [0.29, 0.717) is 6.61 Å². The van der Waals surface area contributed by atoms with Gasteiger partial charge in [-0.05, 0) is 26.2 Å². The van der Waals surface area contributed by atoms with E-state index in [1.165, 1.54) is 0 Å². The van der Waals surface area contributed by atoms with E-state index in [1.807, 2.05) is 0 Å². The first-order chi connectivity index (χ1) is 6.68. The predicted octanol–water partition coefficient (Wildman–Crippen LogP) is 3.17. The van der Waals surface area contributed by atoms with E-state index < -0.39 is 0 Å². The summed E-state index contributed by atoms with van der Waals surface area (Å²) in [6.07, 6.45) is 4.60. The van der Waals surface area contributed by atoms with Gasteiger partial charge in [-0.3, -0.25) is 0 Å². The molecule has 0 fully saturated rings. The van der Waals surface area contributed by atoms with Gasteiger partial charge >= 0.3 is 0 Å². The molecule has 1 aliphatic heterocycles. The van der Waals surface area contributed by atoms with Gasteiger partial charge in [0.1, 0.15) is 0 Å². The summed E-state index contributed by atoms with van der Waals surface area (Å²) in [4.78, 5) is 0. The molecule has 88 valence electrons. The van der Waals surface area contributed by atoms with Crippen molar-refractivity contribution in [3.05, 3.63) is 12.2 Å². The van der Waals surface area contributed by atoms with Crippen LogP contribution in [0.25, 0.3) is 0 Å². The second kappa shape index (κ2) is 4.26. The predicted molar refractivity (Wildman–Crippen MR) is 63.0 cm³/mol. The topological polar surface area (TPSA) is 18.5 Å². The van der Waals surface area contributed by atoms with Gasteiger partial charge in [0.25, 0.3) is 0 Å². The van der Waals surface area contributed by atoms with Crippen molar-refractivity contribution in [2.24, 2.45) is 5.41 Å². The molecule has 0 aromatic rings. The molecule has 0 saturated heterocycles. The van der Waals surface area contributed by atoms with Gasteiger partial charge in [-0.15, -0.1) is 0 Å². The van der Waals surface area contributed by atoms with E-state index in [4.69, 9.17) is 9.47 Å². The number of ether oxygens (including phenoxy) is 2. The van der Waals surface area contributed by atoms with E-state index in [0.717, 1.165) is 0 Å². The quantitative estimate of drug-likeness (QED) is 0.655. The molecule has 2 atom stereocenters. The summed E-state index contributed by atoms with van der Waals surface area (Å²) in [7, 11) is 0. The summed E-state index contributed by atoms with van der Waals surface area (Å²) in [5.74, 6) is 0. The Kier molecular flexibility index (Phi) is 3.62. The molecule has 0 aromatic heterocycles. The monoisotopic (exact) mass is 212 g/mol. The Morgan fingerprint density at radius 3 is 2.07 bits per heavy atom. The summed E-state index contributed by atoms with van der Waals surface area (Å²) in [5, 5.41) is 0. The Labute approximate surface area is 93.7 Å². The minimum absolute atomic E-state index is 0.0863. The SMILES string of the molecule is CC(C)(C)OCC1C=CC(C(C)(C)C)O1. The zero-order chi connectivity index (χ0) is 11.7. The Balaban J connectivity index is 2.36. The van der Waals surface area contributed by atoms with Crippen molar-refractivity contribution in [1.29, 1.82) is 0 Å². The van der Waals surface area contributed by atoms with Crippen LogP contribution < -0.4 is 0 Å². The number of hydrogen-bond acceptors (Lipinski definition) is 2. The van der Waals surface area contributed by atoms with Crippen LogP contribution in [-0.2, 0) is 9.47 Å². The zero-order valence-electron chi connectivity index (χ0n) is 10.8. The Bertz CT molecular complexity index is 230. The lowest BCUT2D eigenvalue weighted by Gasteiger charge is -2.27. The van der Waals surface area contributed by atoms with Crippen molar-refractivity contribution in [2.45, 2.75) is 59.4 Å². The van der Waals surface area contributed by atoms with Gasteiger partial charge in [-0.1, -0.05) is 32.9 Å². The average molecular weight is 212 g/mol. The molecule has 0 amide bonds. The highest BCUT2D eigenvalue weighted by Crippen LogP contribution is 2.28. The van der Waals surface area contributed by atoms with Crippen molar-refractivity contribution < 1.29 is 9.47 Å². The smallest absolute Gasteiger partial charge is 0.0998 e. The highest BCUT2D eigenvalue weighted by molar-refractivity contribution is 5.06. The largest absolute Gasteiger partial charge is 0.373 e.